The number of rotatable bonds is 2. The second kappa shape index (κ2) is 4.46. The molecule has 0 spiro atoms. The molecular weight excluding hydrogens is 194 g/mol. The lowest BCUT2D eigenvalue weighted by Crippen LogP contribution is -2.09. The summed E-state index contributed by atoms with van der Waals surface area (Å²) in [5, 5.41) is 0. The molecule has 0 aliphatic rings. The van der Waals surface area contributed by atoms with Crippen LogP contribution < -0.4 is 5.73 Å². The van der Waals surface area contributed by atoms with Gasteiger partial charge in [-0.15, -0.1) is 17.0 Å². The third-order valence-corrected chi connectivity index (χ3v) is 1.29. The lowest BCUT2D eigenvalue weighted by molar-refractivity contribution is 0.689. The first-order valence-corrected chi connectivity index (χ1v) is 3.01. The van der Waals surface area contributed by atoms with Gasteiger partial charge in [0.25, 0.3) is 0 Å². The number of aromatic nitrogens is 2. The number of imidazole rings is 1. The number of nitrogens with two attached hydrogens (primary N) is 1. The second-order valence-electron chi connectivity index (χ2n) is 2.02. The topological polar surface area (TPSA) is 43.8 Å². The smallest absolute Gasteiger partial charge is 0.0948 e. The van der Waals surface area contributed by atoms with E-state index in [1.807, 2.05) is 17.7 Å². The Kier molecular flexibility index (Phi) is 4.31. The van der Waals surface area contributed by atoms with Crippen LogP contribution in [0.15, 0.2) is 12.5 Å². The Morgan fingerprint density at radius 1 is 1.70 bits per heavy atom. The minimum atomic E-state index is 0. The van der Waals surface area contributed by atoms with Gasteiger partial charge in [0.15, 0.2) is 0 Å². The van der Waals surface area contributed by atoms with Crippen molar-refractivity contribution in [3.05, 3.63) is 18.2 Å². The normalized spacial score (nSPS) is 9.00. The SMILES string of the molecule is Br.Cc1cncn1CCN. The molecule has 0 aliphatic carbocycles. The predicted molar refractivity (Wildman–Crippen MR) is 46.3 cm³/mol. The molecule has 1 heterocycles. The molecule has 58 valence electrons. The van der Waals surface area contributed by atoms with Crippen LogP contribution in [0.2, 0.25) is 0 Å². The highest BCUT2D eigenvalue weighted by Gasteiger charge is 1.91. The van der Waals surface area contributed by atoms with Gasteiger partial charge in [-0.05, 0) is 6.92 Å². The van der Waals surface area contributed by atoms with E-state index < -0.39 is 0 Å². The number of hydrogen-bond donors (Lipinski definition) is 1. The van der Waals surface area contributed by atoms with E-state index in [9.17, 15) is 0 Å². The maximum absolute atomic E-state index is 5.34. The Labute approximate surface area is 71.0 Å². The van der Waals surface area contributed by atoms with Crippen LogP contribution in [0.5, 0.6) is 0 Å². The molecule has 2 N–H and O–H groups in total. The predicted octanol–water partition coefficient (Wildman–Crippen LogP) is 0.728. The summed E-state index contributed by atoms with van der Waals surface area (Å²) in [5.74, 6) is 0. The molecule has 0 atom stereocenters. The largest absolute Gasteiger partial charge is 0.334 e. The molecule has 10 heavy (non-hydrogen) atoms. The maximum Gasteiger partial charge on any atom is 0.0948 e. The zero-order valence-corrected chi connectivity index (χ0v) is 7.66. The fourth-order valence-electron chi connectivity index (χ4n) is 0.760. The number of nitrogens with zero attached hydrogens (tertiary/aromatic N) is 2. The molecule has 0 aromatic carbocycles. The molecule has 1 aromatic rings. The molecular formula is C6H12BrN3. The van der Waals surface area contributed by atoms with E-state index in [1.165, 1.54) is 5.69 Å². The van der Waals surface area contributed by atoms with Gasteiger partial charge in [0.1, 0.15) is 0 Å². The average Bonchev–Trinajstić information content (AvgIpc) is 2.18. The summed E-state index contributed by atoms with van der Waals surface area (Å²) < 4.78 is 2.03. The summed E-state index contributed by atoms with van der Waals surface area (Å²) >= 11 is 0. The molecule has 4 heteroatoms. The molecule has 3 nitrogen and oxygen atoms in total. The summed E-state index contributed by atoms with van der Waals surface area (Å²) in [4.78, 5) is 3.95. The minimum Gasteiger partial charge on any atom is -0.334 e. The van der Waals surface area contributed by atoms with Crippen molar-refractivity contribution >= 4 is 17.0 Å². The summed E-state index contributed by atoms with van der Waals surface area (Å²) in [5.41, 5.74) is 6.51. The van der Waals surface area contributed by atoms with Gasteiger partial charge in [0.2, 0.25) is 0 Å². The van der Waals surface area contributed by atoms with Crippen LogP contribution in [-0.4, -0.2) is 16.1 Å². The van der Waals surface area contributed by atoms with Gasteiger partial charge >= 0.3 is 0 Å². The van der Waals surface area contributed by atoms with E-state index in [0.717, 1.165) is 6.54 Å². The Balaban J connectivity index is 0.000000810. The van der Waals surface area contributed by atoms with E-state index in [4.69, 9.17) is 5.73 Å². The fourth-order valence-corrected chi connectivity index (χ4v) is 0.760. The highest BCUT2D eigenvalue weighted by Crippen LogP contribution is 1.93. The molecule has 0 aliphatic heterocycles. The average molecular weight is 206 g/mol. The van der Waals surface area contributed by atoms with E-state index in [2.05, 4.69) is 4.98 Å². The van der Waals surface area contributed by atoms with E-state index in [1.54, 1.807) is 6.33 Å². The third-order valence-electron chi connectivity index (χ3n) is 1.29. The summed E-state index contributed by atoms with van der Waals surface area (Å²) in [6.45, 7) is 3.56. The van der Waals surface area contributed by atoms with Crippen LogP contribution in [0, 0.1) is 6.92 Å². The molecule has 0 bridgehead atoms. The van der Waals surface area contributed by atoms with Gasteiger partial charge in [0, 0.05) is 25.0 Å². The van der Waals surface area contributed by atoms with Crippen molar-refractivity contribution in [1.29, 1.82) is 0 Å². The monoisotopic (exact) mass is 205 g/mol. The van der Waals surface area contributed by atoms with Crippen LogP contribution in [0.1, 0.15) is 5.69 Å². The van der Waals surface area contributed by atoms with Crippen LogP contribution in [0.25, 0.3) is 0 Å². The Morgan fingerprint density at radius 3 is 2.80 bits per heavy atom. The first-order chi connectivity index (χ1) is 4.34. The molecule has 0 unspecified atom stereocenters. The van der Waals surface area contributed by atoms with Gasteiger partial charge in [-0.2, -0.15) is 0 Å². The Morgan fingerprint density at radius 2 is 2.40 bits per heavy atom. The molecule has 0 radical (unpaired) electrons. The van der Waals surface area contributed by atoms with Gasteiger partial charge < -0.3 is 10.3 Å². The summed E-state index contributed by atoms with van der Waals surface area (Å²) in [7, 11) is 0. The molecule has 0 fully saturated rings. The van der Waals surface area contributed by atoms with E-state index in [-0.39, 0.29) is 17.0 Å². The zero-order valence-electron chi connectivity index (χ0n) is 5.95. The zero-order chi connectivity index (χ0) is 6.69. The lowest BCUT2D eigenvalue weighted by atomic mass is 10.5. The van der Waals surface area contributed by atoms with Crippen molar-refractivity contribution in [2.24, 2.45) is 5.73 Å². The summed E-state index contributed by atoms with van der Waals surface area (Å²) in [6, 6.07) is 0. The van der Waals surface area contributed by atoms with Crippen molar-refractivity contribution < 1.29 is 0 Å². The van der Waals surface area contributed by atoms with Gasteiger partial charge in [-0.1, -0.05) is 0 Å². The van der Waals surface area contributed by atoms with Gasteiger partial charge in [-0.3, -0.25) is 0 Å². The maximum atomic E-state index is 5.34. The van der Waals surface area contributed by atoms with Crippen molar-refractivity contribution in [3.8, 4) is 0 Å². The first-order valence-electron chi connectivity index (χ1n) is 3.01. The van der Waals surface area contributed by atoms with Crippen LogP contribution >= 0.6 is 17.0 Å². The highest BCUT2D eigenvalue weighted by molar-refractivity contribution is 8.93. The van der Waals surface area contributed by atoms with Crippen molar-refractivity contribution in [3.63, 3.8) is 0 Å². The molecule has 0 saturated heterocycles. The molecule has 1 aromatic heterocycles. The third kappa shape index (κ3) is 2.11. The quantitative estimate of drug-likeness (QED) is 0.775. The van der Waals surface area contributed by atoms with Crippen molar-refractivity contribution in [2.75, 3.05) is 6.54 Å². The standard InChI is InChI=1S/C6H11N3.BrH/c1-6-4-8-5-9(6)3-2-7;/h4-5H,2-3,7H2,1H3;1H. The van der Waals surface area contributed by atoms with Crippen LogP contribution in [0.4, 0.5) is 0 Å². The Bertz CT molecular complexity index is 185. The van der Waals surface area contributed by atoms with E-state index in [0.29, 0.717) is 6.54 Å². The lowest BCUT2D eigenvalue weighted by Gasteiger charge is -1.99. The minimum absolute atomic E-state index is 0. The fraction of sp³-hybridized carbons (Fsp3) is 0.500. The van der Waals surface area contributed by atoms with E-state index >= 15 is 0 Å². The number of hydrogen-bond acceptors (Lipinski definition) is 2. The molecule has 0 amide bonds. The van der Waals surface area contributed by atoms with Crippen molar-refractivity contribution in [1.82, 2.24) is 9.55 Å². The summed E-state index contributed by atoms with van der Waals surface area (Å²) in [6.07, 6.45) is 3.62. The van der Waals surface area contributed by atoms with Gasteiger partial charge in [0.05, 0.1) is 6.33 Å². The van der Waals surface area contributed by atoms with Gasteiger partial charge in [-0.25, -0.2) is 4.98 Å². The first kappa shape index (κ1) is 9.65. The highest BCUT2D eigenvalue weighted by atomic mass is 79.9. The second-order valence-corrected chi connectivity index (χ2v) is 2.02. The van der Waals surface area contributed by atoms with Crippen LogP contribution in [0.3, 0.4) is 0 Å². The molecule has 1 rings (SSSR count). The number of aryl methyl sites for hydroxylation is 1. The Hall–Kier alpha value is -0.350. The van der Waals surface area contributed by atoms with Crippen molar-refractivity contribution in [2.45, 2.75) is 13.5 Å². The number of halogens is 1. The molecule has 0 saturated carbocycles. The van der Waals surface area contributed by atoms with Crippen LogP contribution in [-0.2, 0) is 6.54 Å².